The molecule has 2 heterocycles. The Kier molecular flexibility index (Phi) is 8.38. The van der Waals surface area contributed by atoms with Crippen molar-refractivity contribution in [1.82, 2.24) is 14.8 Å². The molecule has 0 aliphatic carbocycles. The number of aliphatic hydroxyl groups is 1. The first kappa shape index (κ1) is 27.2. The number of ether oxygens (including phenoxy) is 1. The van der Waals surface area contributed by atoms with E-state index in [1.807, 2.05) is 24.9 Å². The van der Waals surface area contributed by atoms with E-state index in [1.165, 1.54) is 12.3 Å². The molecule has 0 unspecified atom stereocenters. The van der Waals surface area contributed by atoms with Crippen molar-refractivity contribution in [3.8, 4) is 17.0 Å². The number of likely N-dealkylation sites (N-methyl/N-ethyl adjacent to an activating group) is 1. The maximum atomic E-state index is 14.5. The fourth-order valence-electron chi connectivity index (χ4n) is 4.65. The second-order valence-electron chi connectivity index (χ2n) is 9.88. The summed E-state index contributed by atoms with van der Waals surface area (Å²) in [5.74, 6) is -1.69. The number of carbonyl (C=O) groups excluding carboxylic acids is 1. The molecule has 2 aromatic carbocycles. The minimum absolute atomic E-state index is 0.109. The number of rotatable bonds is 8. The van der Waals surface area contributed by atoms with Gasteiger partial charge >= 0.3 is 5.97 Å². The van der Waals surface area contributed by atoms with Crippen LogP contribution >= 0.6 is 0 Å². The Bertz CT molecular complexity index is 1320. The molecule has 0 fully saturated rings. The largest absolute Gasteiger partial charge is 0.478 e. The summed E-state index contributed by atoms with van der Waals surface area (Å²) in [5, 5.41) is 19.2. The normalized spacial score (nSPS) is 18.4. The topological polar surface area (TPSA) is 103 Å². The van der Waals surface area contributed by atoms with Gasteiger partial charge in [-0.05, 0) is 43.8 Å². The van der Waals surface area contributed by atoms with Gasteiger partial charge in [0.15, 0.2) is 0 Å². The van der Waals surface area contributed by atoms with Crippen molar-refractivity contribution >= 4 is 11.9 Å². The molecule has 1 aromatic heterocycles. The fourth-order valence-corrected chi connectivity index (χ4v) is 4.65. The van der Waals surface area contributed by atoms with Crippen LogP contribution in [-0.4, -0.2) is 75.8 Å². The number of halogens is 1. The van der Waals surface area contributed by atoms with Gasteiger partial charge in [-0.1, -0.05) is 37.3 Å². The highest BCUT2D eigenvalue weighted by atomic mass is 19.1. The number of hydrogen-bond acceptors (Lipinski definition) is 6. The lowest BCUT2D eigenvalue weighted by atomic mass is 9.99. The van der Waals surface area contributed by atoms with Gasteiger partial charge in [-0.3, -0.25) is 9.69 Å². The monoisotopic (exact) mass is 521 g/mol. The molecule has 8 nitrogen and oxygen atoms in total. The van der Waals surface area contributed by atoms with Gasteiger partial charge in [0.2, 0.25) is 5.88 Å². The fraction of sp³-hybridized carbons (Fsp3) is 0.345. The maximum absolute atomic E-state index is 14.5. The smallest absolute Gasteiger partial charge is 0.335 e. The number of carboxylic acid groups (broad SMARTS) is 1. The Morgan fingerprint density at radius 1 is 1.21 bits per heavy atom. The Morgan fingerprint density at radius 3 is 2.68 bits per heavy atom. The second-order valence-corrected chi connectivity index (χ2v) is 9.88. The first-order valence-corrected chi connectivity index (χ1v) is 12.5. The number of hydrogen-bond donors (Lipinski definition) is 2. The molecule has 0 bridgehead atoms. The van der Waals surface area contributed by atoms with Crippen LogP contribution in [0.25, 0.3) is 11.1 Å². The third-order valence-corrected chi connectivity index (χ3v) is 6.82. The number of carbonyl (C=O) groups is 2. The maximum Gasteiger partial charge on any atom is 0.335 e. The summed E-state index contributed by atoms with van der Waals surface area (Å²) in [6, 6.07) is 14.2. The molecule has 38 heavy (non-hydrogen) atoms. The predicted octanol–water partition coefficient (Wildman–Crippen LogP) is 3.94. The summed E-state index contributed by atoms with van der Waals surface area (Å²) in [4.78, 5) is 33.0. The van der Waals surface area contributed by atoms with Gasteiger partial charge in [0.25, 0.3) is 5.91 Å². The summed E-state index contributed by atoms with van der Waals surface area (Å²) in [6.45, 7) is 4.86. The molecule has 0 saturated carbocycles. The molecule has 1 aliphatic rings. The minimum atomic E-state index is -0.980. The van der Waals surface area contributed by atoms with Gasteiger partial charge in [0, 0.05) is 42.9 Å². The molecule has 1 aliphatic heterocycles. The molecular formula is C29H32FN3O5. The lowest BCUT2D eigenvalue weighted by Gasteiger charge is -2.37. The quantitative estimate of drug-likeness (QED) is 0.463. The van der Waals surface area contributed by atoms with E-state index in [-0.39, 0.29) is 41.5 Å². The molecular weight excluding hydrogens is 489 g/mol. The van der Waals surface area contributed by atoms with E-state index in [1.54, 1.807) is 54.3 Å². The van der Waals surface area contributed by atoms with E-state index in [0.717, 1.165) is 5.56 Å². The third-order valence-electron chi connectivity index (χ3n) is 6.82. The number of benzene rings is 2. The zero-order valence-electron chi connectivity index (χ0n) is 21.7. The molecule has 3 atom stereocenters. The van der Waals surface area contributed by atoms with E-state index in [9.17, 15) is 24.2 Å². The molecule has 1 amide bonds. The SMILES string of the molecule is C[C@@H]1CN([C@@H](C)CO)C(=O)c2cc(-c3ccccc3F)cnc2O[C@H]1CN(C)Cc1cccc(C(=O)O)c1. The number of aromatic nitrogens is 1. The number of carboxylic acids is 1. The van der Waals surface area contributed by atoms with Crippen LogP contribution in [0.2, 0.25) is 0 Å². The molecule has 9 heteroatoms. The summed E-state index contributed by atoms with van der Waals surface area (Å²) in [7, 11) is 1.91. The highest BCUT2D eigenvalue weighted by Crippen LogP contribution is 2.31. The van der Waals surface area contributed by atoms with Crippen molar-refractivity contribution in [2.45, 2.75) is 32.5 Å². The average molecular weight is 522 g/mol. The van der Waals surface area contributed by atoms with Gasteiger partial charge < -0.3 is 19.8 Å². The van der Waals surface area contributed by atoms with Gasteiger partial charge in [-0.25, -0.2) is 14.2 Å². The molecule has 3 aromatic rings. The van der Waals surface area contributed by atoms with Crippen LogP contribution in [0.15, 0.2) is 60.8 Å². The summed E-state index contributed by atoms with van der Waals surface area (Å²) < 4.78 is 20.8. The number of aliphatic hydroxyl groups excluding tert-OH is 1. The van der Waals surface area contributed by atoms with Crippen LogP contribution in [0.5, 0.6) is 5.88 Å². The zero-order valence-corrected chi connectivity index (χ0v) is 21.7. The van der Waals surface area contributed by atoms with Crippen LogP contribution in [-0.2, 0) is 6.54 Å². The Morgan fingerprint density at radius 2 is 1.97 bits per heavy atom. The zero-order chi connectivity index (χ0) is 27.4. The number of nitrogens with zero attached hydrogens (tertiary/aromatic N) is 3. The highest BCUT2D eigenvalue weighted by Gasteiger charge is 2.34. The van der Waals surface area contributed by atoms with Crippen LogP contribution in [0.1, 0.15) is 40.1 Å². The Hall–Kier alpha value is -3.82. The summed E-state index contributed by atoms with van der Waals surface area (Å²) in [6.07, 6.45) is 1.13. The van der Waals surface area contributed by atoms with Crippen molar-refractivity contribution in [2.75, 3.05) is 26.7 Å². The van der Waals surface area contributed by atoms with Gasteiger partial charge in [-0.2, -0.15) is 0 Å². The minimum Gasteiger partial charge on any atom is -0.478 e. The highest BCUT2D eigenvalue weighted by molar-refractivity contribution is 5.98. The first-order chi connectivity index (χ1) is 18.2. The van der Waals surface area contributed by atoms with Crippen molar-refractivity contribution in [3.63, 3.8) is 0 Å². The van der Waals surface area contributed by atoms with Crippen molar-refractivity contribution < 1.29 is 28.9 Å². The van der Waals surface area contributed by atoms with Gasteiger partial charge in [0.1, 0.15) is 17.5 Å². The van der Waals surface area contributed by atoms with Gasteiger partial charge in [-0.15, -0.1) is 0 Å². The van der Waals surface area contributed by atoms with Crippen molar-refractivity contribution in [1.29, 1.82) is 0 Å². The van der Waals surface area contributed by atoms with Crippen molar-refractivity contribution in [3.05, 3.63) is 83.3 Å². The summed E-state index contributed by atoms with van der Waals surface area (Å²) in [5.41, 5.74) is 2.07. The van der Waals surface area contributed by atoms with Crippen LogP contribution < -0.4 is 4.74 Å². The summed E-state index contributed by atoms with van der Waals surface area (Å²) >= 11 is 0. The molecule has 4 rings (SSSR count). The molecule has 2 N–H and O–H groups in total. The van der Waals surface area contributed by atoms with E-state index in [2.05, 4.69) is 4.98 Å². The second kappa shape index (κ2) is 11.7. The van der Waals surface area contributed by atoms with Crippen LogP contribution in [0.4, 0.5) is 4.39 Å². The van der Waals surface area contributed by atoms with Crippen LogP contribution in [0.3, 0.4) is 0 Å². The van der Waals surface area contributed by atoms with E-state index in [0.29, 0.717) is 30.8 Å². The van der Waals surface area contributed by atoms with E-state index < -0.39 is 17.8 Å². The standard InChI is InChI=1S/C29H32FN3O5/c1-18-14-33(19(2)17-34)28(35)24-12-22(23-9-4-5-10-25(23)30)13-31-27(24)38-26(18)16-32(3)15-20-7-6-8-21(11-20)29(36)37/h4-13,18-19,26,34H,14-17H2,1-3H3,(H,36,37)/t18-,19+,26+/m1/s1. The molecule has 200 valence electrons. The van der Waals surface area contributed by atoms with Crippen LogP contribution in [0, 0.1) is 11.7 Å². The number of pyridine rings is 1. The van der Waals surface area contributed by atoms with E-state index >= 15 is 0 Å². The number of amides is 1. The predicted molar refractivity (Wildman–Crippen MR) is 141 cm³/mol. The number of fused-ring (bicyclic) bond motifs is 1. The lowest BCUT2D eigenvalue weighted by Crippen LogP contribution is -2.49. The molecule has 0 saturated heterocycles. The molecule has 0 radical (unpaired) electrons. The average Bonchev–Trinajstić information content (AvgIpc) is 2.90. The Labute approximate surface area is 221 Å². The van der Waals surface area contributed by atoms with Crippen molar-refractivity contribution in [2.24, 2.45) is 5.92 Å². The third kappa shape index (κ3) is 6.00. The van der Waals surface area contributed by atoms with Gasteiger partial charge in [0.05, 0.1) is 18.2 Å². The Balaban J connectivity index is 1.64. The number of aromatic carboxylic acids is 1. The molecule has 0 spiro atoms. The van der Waals surface area contributed by atoms with E-state index in [4.69, 9.17) is 4.74 Å². The first-order valence-electron chi connectivity index (χ1n) is 12.5. The lowest BCUT2D eigenvalue weighted by molar-refractivity contribution is 0.0325.